The van der Waals surface area contributed by atoms with Crippen LogP contribution >= 0.6 is 11.5 Å². The number of nitrogens with zero attached hydrogens (tertiary/aromatic N) is 2. The standard InChI is InChI=1S/C13H22N4S/c1-2-17-6-5-9(8-17)7-15-13-11(10-3-4-10)12(14)16-18-13/h9-10,15H,2-8H2,1H3,(H2,14,16). The van der Waals surface area contributed by atoms with Crippen molar-refractivity contribution in [3.05, 3.63) is 5.56 Å². The first kappa shape index (κ1) is 12.2. The highest BCUT2D eigenvalue weighted by molar-refractivity contribution is 7.10. The number of nitrogens with one attached hydrogen (secondary N) is 1. The number of likely N-dealkylation sites (tertiary alicyclic amines) is 1. The minimum absolute atomic E-state index is 0.682. The fourth-order valence-corrected chi connectivity index (χ4v) is 3.61. The Morgan fingerprint density at radius 2 is 2.28 bits per heavy atom. The Labute approximate surface area is 113 Å². The van der Waals surface area contributed by atoms with E-state index < -0.39 is 0 Å². The molecule has 1 unspecified atom stereocenters. The average molecular weight is 266 g/mol. The van der Waals surface area contributed by atoms with Gasteiger partial charge in [0.15, 0.2) is 0 Å². The second-order valence-electron chi connectivity index (χ2n) is 5.51. The topological polar surface area (TPSA) is 54.2 Å². The number of nitrogen functional groups attached to an aromatic ring is 1. The smallest absolute Gasteiger partial charge is 0.142 e. The number of nitrogens with two attached hydrogens (primary N) is 1. The Balaban J connectivity index is 1.57. The molecule has 0 aromatic carbocycles. The third-order valence-corrected chi connectivity index (χ3v) is 4.94. The van der Waals surface area contributed by atoms with E-state index in [1.54, 1.807) is 0 Å². The van der Waals surface area contributed by atoms with Crippen LogP contribution in [0.4, 0.5) is 10.8 Å². The summed E-state index contributed by atoms with van der Waals surface area (Å²) in [7, 11) is 0. The number of aromatic nitrogens is 1. The molecular formula is C13H22N4S. The molecule has 4 nitrogen and oxygen atoms in total. The van der Waals surface area contributed by atoms with Gasteiger partial charge in [0.2, 0.25) is 0 Å². The van der Waals surface area contributed by atoms with Gasteiger partial charge in [-0.25, -0.2) is 0 Å². The van der Waals surface area contributed by atoms with Crippen molar-refractivity contribution in [3.8, 4) is 0 Å². The minimum Gasteiger partial charge on any atom is -0.383 e. The first-order valence-corrected chi connectivity index (χ1v) is 7.76. The van der Waals surface area contributed by atoms with Gasteiger partial charge in [-0.15, -0.1) is 0 Å². The second-order valence-corrected chi connectivity index (χ2v) is 6.29. The molecule has 0 radical (unpaired) electrons. The fraction of sp³-hybridized carbons (Fsp3) is 0.769. The third kappa shape index (κ3) is 2.47. The van der Waals surface area contributed by atoms with E-state index in [1.807, 2.05) is 0 Å². The van der Waals surface area contributed by atoms with Crippen LogP contribution in [-0.2, 0) is 0 Å². The van der Waals surface area contributed by atoms with Crippen LogP contribution in [0.15, 0.2) is 0 Å². The lowest BCUT2D eigenvalue weighted by atomic mass is 10.1. The molecule has 2 heterocycles. The maximum atomic E-state index is 5.96. The Kier molecular flexibility index (Phi) is 3.43. The maximum Gasteiger partial charge on any atom is 0.142 e. The van der Waals surface area contributed by atoms with Crippen molar-refractivity contribution in [2.45, 2.75) is 32.1 Å². The molecule has 3 N–H and O–H groups in total. The van der Waals surface area contributed by atoms with E-state index in [1.165, 1.54) is 61.0 Å². The molecule has 1 atom stereocenters. The summed E-state index contributed by atoms with van der Waals surface area (Å²) >= 11 is 1.53. The van der Waals surface area contributed by atoms with Crippen molar-refractivity contribution < 1.29 is 0 Å². The first-order chi connectivity index (χ1) is 8.78. The van der Waals surface area contributed by atoms with Crippen LogP contribution in [0.3, 0.4) is 0 Å². The Bertz CT molecular complexity index is 413. The molecule has 0 spiro atoms. The zero-order valence-corrected chi connectivity index (χ0v) is 11.8. The molecule has 18 heavy (non-hydrogen) atoms. The molecule has 3 rings (SSSR count). The van der Waals surface area contributed by atoms with Crippen LogP contribution in [0.2, 0.25) is 0 Å². The zero-order valence-electron chi connectivity index (χ0n) is 11.0. The summed E-state index contributed by atoms with van der Waals surface area (Å²) in [6.07, 6.45) is 3.88. The Hall–Kier alpha value is -0.810. The molecule has 1 aliphatic heterocycles. The molecular weight excluding hydrogens is 244 g/mol. The van der Waals surface area contributed by atoms with Gasteiger partial charge in [0.1, 0.15) is 10.8 Å². The molecule has 1 saturated heterocycles. The van der Waals surface area contributed by atoms with E-state index in [0.717, 1.165) is 18.3 Å². The molecule has 1 aromatic rings. The van der Waals surface area contributed by atoms with Gasteiger partial charge in [-0.3, -0.25) is 0 Å². The van der Waals surface area contributed by atoms with Gasteiger partial charge in [-0.05, 0) is 55.7 Å². The van der Waals surface area contributed by atoms with Crippen molar-refractivity contribution in [2.24, 2.45) is 5.92 Å². The summed E-state index contributed by atoms with van der Waals surface area (Å²) in [6.45, 7) is 6.97. The van der Waals surface area contributed by atoms with Gasteiger partial charge in [-0.2, -0.15) is 4.37 Å². The first-order valence-electron chi connectivity index (χ1n) is 6.99. The lowest BCUT2D eigenvalue weighted by Crippen LogP contribution is -2.22. The van der Waals surface area contributed by atoms with Crippen LogP contribution in [-0.4, -0.2) is 35.5 Å². The molecule has 1 aliphatic carbocycles. The molecule has 5 heteroatoms. The molecule has 2 fully saturated rings. The third-order valence-electron chi connectivity index (χ3n) is 4.11. The van der Waals surface area contributed by atoms with Gasteiger partial charge in [0.25, 0.3) is 0 Å². The highest BCUT2D eigenvalue weighted by Crippen LogP contribution is 2.47. The predicted octanol–water partition coefficient (Wildman–Crippen LogP) is 2.36. The van der Waals surface area contributed by atoms with Gasteiger partial charge < -0.3 is 16.0 Å². The number of hydrogen-bond acceptors (Lipinski definition) is 5. The summed E-state index contributed by atoms with van der Waals surface area (Å²) in [6, 6.07) is 0. The normalized spacial score (nSPS) is 24.6. The number of anilines is 2. The van der Waals surface area contributed by atoms with Crippen molar-refractivity contribution in [3.63, 3.8) is 0 Å². The van der Waals surface area contributed by atoms with Crippen molar-refractivity contribution in [2.75, 3.05) is 37.2 Å². The predicted molar refractivity (Wildman–Crippen MR) is 77.2 cm³/mol. The van der Waals surface area contributed by atoms with Crippen molar-refractivity contribution >= 4 is 22.4 Å². The molecule has 1 aromatic heterocycles. The summed E-state index contributed by atoms with van der Waals surface area (Å²) in [4.78, 5) is 2.52. The number of rotatable bonds is 5. The van der Waals surface area contributed by atoms with E-state index in [0.29, 0.717) is 5.92 Å². The summed E-state index contributed by atoms with van der Waals surface area (Å²) in [5.41, 5.74) is 7.26. The lowest BCUT2D eigenvalue weighted by molar-refractivity contribution is 0.345. The van der Waals surface area contributed by atoms with Gasteiger partial charge in [-0.1, -0.05) is 6.92 Å². The molecule has 0 amide bonds. The second kappa shape index (κ2) is 5.05. The maximum absolute atomic E-state index is 5.96. The lowest BCUT2D eigenvalue weighted by Gasteiger charge is -2.14. The SMILES string of the molecule is CCN1CCC(CNc2snc(N)c2C2CC2)C1. The fourth-order valence-electron chi connectivity index (χ4n) is 2.81. The Morgan fingerprint density at radius 1 is 1.44 bits per heavy atom. The van der Waals surface area contributed by atoms with Crippen molar-refractivity contribution in [1.29, 1.82) is 0 Å². The zero-order chi connectivity index (χ0) is 12.5. The summed E-state index contributed by atoms with van der Waals surface area (Å²) in [5.74, 6) is 2.22. The number of hydrogen-bond donors (Lipinski definition) is 2. The molecule has 100 valence electrons. The van der Waals surface area contributed by atoms with Gasteiger partial charge >= 0.3 is 0 Å². The molecule has 0 bridgehead atoms. The van der Waals surface area contributed by atoms with Crippen molar-refractivity contribution in [1.82, 2.24) is 9.27 Å². The minimum atomic E-state index is 0.682. The van der Waals surface area contributed by atoms with Crippen LogP contribution in [0.1, 0.15) is 37.7 Å². The monoisotopic (exact) mass is 266 g/mol. The van der Waals surface area contributed by atoms with E-state index in [4.69, 9.17) is 5.73 Å². The van der Waals surface area contributed by atoms with E-state index in [-0.39, 0.29) is 0 Å². The van der Waals surface area contributed by atoms with Crippen LogP contribution in [0.25, 0.3) is 0 Å². The molecule has 1 saturated carbocycles. The summed E-state index contributed by atoms with van der Waals surface area (Å²) in [5, 5.41) is 4.82. The van der Waals surface area contributed by atoms with E-state index in [9.17, 15) is 0 Å². The quantitative estimate of drug-likeness (QED) is 0.859. The highest BCUT2D eigenvalue weighted by Gasteiger charge is 2.31. The van der Waals surface area contributed by atoms with Gasteiger partial charge in [0, 0.05) is 18.7 Å². The van der Waals surface area contributed by atoms with Crippen LogP contribution < -0.4 is 11.1 Å². The van der Waals surface area contributed by atoms with E-state index in [2.05, 4.69) is 21.5 Å². The Morgan fingerprint density at radius 3 is 2.94 bits per heavy atom. The van der Waals surface area contributed by atoms with Crippen LogP contribution in [0, 0.1) is 5.92 Å². The average Bonchev–Trinajstić information content (AvgIpc) is 2.98. The van der Waals surface area contributed by atoms with Crippen LogP contribution in [0.5, 0.6) is 0 Å². The highest BCUT2D eigenvalue weighted by atomic mass is 32.1. The van der Waals surface area contributed by atoms with E-state index >= 15 is 0 Å². The largest absolute Gasteiger partial charge is 0.383 e. The van der Waals surface area contributed by atoms with Gasteiger partial charge in [0.05, 0.1) is 0 Å². The summed E-state index contributed by atoms with van der Waals surface area (Å²) < 4.78 is 4.30. The molecule has 2 aliphatic rings.